The second-order valence-corrected chi connectivity index (χ2v) is 6.50. The molecule has 6 nitrogen and oxygen atoms in total. The summed E-state index contributed by atoms with van der Waals surface area (Å²) < 4.78 is 10.1. The lowest BCUT2D eigenvalue weighted by molar-refractivity contribution is -0.142. The van der Waals surface area contributed by atoms with Gasteiger partial charge in [-0.05, 0) is 60.9 Å². The monoisotopic (exact) mass is 380 g/mol. The van der Waals surface area contributed by atoms with E-state index in [0.717, 1.165) is 30.1 Å². The molecule has 1 amide bonds. The zero-order chi connectivity index (χ0) is 19.8. The lowest BCUT2D eigenvalue weighted by atomic mass is 10.2. The van der Waals surface area contributed by atoms with Gasteiger partial charge in [0.2, 0.25) is 0 Å². The number of carbonyl (C=O) groups excluding carboxylic acids is 2. The minimum Gasteiger partial charge on any atom is -0.497 e. The maximum absolute atomic E-state index is 12.0. The van der Waals surface area contributed by atoms with E-state index in [4.69, 9.17) is 9.47 Å². The van der Waals surface area contributed by atoms with Gasteiger partial charge in [-0.15, -0.1) is 0 Å². The highest BCUT2D eigenvalue weighted by Gasteiger charge is 2.12. The van der Waals surface area contributed by atoms with E-state index >= 15 is 0 Å². The van der Waals surface area contributed by atoms with Crippen LogP contribution in [0.25, 0.3) is 6.08 Å². The number of anilines is 2. The smallest absolute Gasteiger partial charge is 0.331 e. The topological polar surface area (TPSA) is 67.9 Å². The van der Waals surface area contributed by atoms with Crippen molar-refractivity contribution in [1.29, 1.82) is 0 Å². The Balaban J connectivity index is 1.42. The van der Waals surface area contributed by atoms with E-state index in [1.165, 1.54) is 18.9 Å². The van der Waals surface area contributed by atoms with Crippen LogP contribution in [0.2, 0.25) is 0 Å². The van der Waals surface area contributed by atoms with Crippen molar-refractivity contribution in [3.05, 3.63) is 60.2 Å². The summed E-state index contributed by atoms with van der Waals surface area (Å²) in [5.41, 5.74) is 2.67. The predicted octanol–water partition coefficient (Wildman–Crippen LogP) is 3.49. The van der Waals surface area contributed by atoms with E-state index in [0.29, 0.717) is 5.69 Å². The molecule has 2 aromatic rings. The number of carbonyl (C=O) groups is 2. The van der Waals surface area contributed by atoms with Gasteiger partial charge in [0.15, 0.2) is 6.61 Å². The average Bonchev–Trinajstić information content (AvgIpc) is 3.26. The largest absolute Gasteiger partial charge is 0.497 e. The summed E-state index contributed by atoms with van der Waals surface area (Å²) in [6, 6.07) is 14.9. The van der Waals surface area contributed by atoms with Gasteiger partial charge in [0.1, 0.15) is 5.75 Å². The molecule has 0 unspecified atom stereocenters. The molecule has 0 aromatic heterocycles. The Labute approximate surface area is 164 Å². The van der Waals surface area contributed by atoms with Crippen LogP contribution in [0.4, 0.5) is 11.4 Å². The van der Waals surface area contributed by atoms with E-state index in [-0.39, 0.29) is 12.5 Å². The quantitative estimate of drug-likeness (QED) is 0.588. The van der Waals surface area contributed by atoms with Gasteiger partial charge in [0, 0.05) is 30.5 Å². The first-order chi connectivity index (χ1) is 13.6. The average molecular weight is 380 g/mol. The molecule has 1 aliphatic heterocycles. The van der Waals surface area contributed by atoms with Crippen LogP contribution < -0.4 is 15.0 Å². The van der Waals surface area contributed by atoms with Crippen molar-refractivity contribution in [2.45, 2.75) is 12.8 Å². The Hall–Kier alpha value is -3.28. The minimum atomic E-state index is -0.574. The number of esters is 1. The van der Waals surface area contributed by atoms with Crippen molar-refractivity contribution in [2.24, 2.45) is 0 Å². The maximum atomic E-state index is 12.0. The number of hydrogen-bond acceptors (Lipinski definition) is 5. The normalized spacial score (nSPS) is 13.5. The highest BCUT2D eigenvalue weighted by Crippen LogP contribution is 2.22. The Morgan fingerprint density at radius 3 is 2.36 bits per heavy atom. The molecular formula is C22H24N2O4. The van der Waals surface area contributed by atoms with Crippen molar-refractivity contribution in [3.8, 4) is 5.75 Å². The Morgan fingerprint density at radius 1 is 1.04 bits per heavy atom. The van der Waals surface area contributed by atoms with Gasteiger partial charge in [-0.1, -0.05) is 12.1 Å². The molecule has 0 bridgehead atoms. The van der Waals surface area contributed by atoms with Crippen molar-refractivity contribution < 1.29 is 19.1 Å². The molecule has 2 aromatic carbocycles. The Kier molecular flexibility index (Phi) is 6.68. The number of methoxy groups -OCH3 is 1. The molecule has 6 heteroatoms. The number of nitrogens with zero attached hydrogens (tertiary/aromatic N) is 1. The molecule has 1 aliphatic rings. The molecule has 0 radical (unpaired) electrons. The number of ether oxygens (including phenoxy) is 2. The fourth-order valence-corrected chi connectivity index (χ4v) is 2.99. The standard InChI is InChI=1S/C22H24N2O4/c1-27-20-11-4-17(5-12-20)6-13-22(26)28-16-21(25)23-18-7-9-19(10-8-18)24-14-2-3-15-24/h4-13H,2-3,14-16H2,1H3,(H,23,25)/b13-6+. The van der Waals surface area contributed by atoms with Crippen molar-refractivity contribution in [1.82, 2.24) is 0 Å². The summed E-state index contributed by atoms with van der Waals surface area (Å²) in [6.07, 6.45) is 5.35. The predicted molar refractivity (Wildman–Crippen MR) is 110 cm³/mol. The number of benzene rings is 2. The van der Waals surface area contributed by atoms with Crippen molar-refractivity contribution in [2.75, 3.05) is 37.0 Å². The number of amides is 1. The Bertz CT molecular complexity index is 823. The van der Waals surface area contributed by atoms with Gasteiger partial charge in [-0.2, -0.15) is 0 Å². The zero-order valence-electron chi connectivity index (χ0n) is 15.9. The van der Waals surface area contributed by atoms with E-state index < -0.39 is 5.97 Å². The second kappa shape index (κ2) is 9.60. The second-order valence-electron chi connectivity index (χ2n) is 6.50. The molecule has 1 N–H and O–H groups in total. The molecule has 1 heterocycles. The minimum absolute atomic E-state index is 0.334. The van der Waals surface area contributed by atoms with E-state index in [2.05, 4.69) is 10.2 Å². The number of hydrogen-bond donors (Lipinski definition) is 1. The lowest BCUT2D eigenvalue weighted by Crippen LogP contribution is -2.20. The van der Waals surface area contributed by atoms with Crippen molar-refractivity contribution >= 4 is 29.3 Å². The number of rotatable bonds is 7. The summed E-state index contributed by atoms with van der Waals surface area (Å²) in [4.78, 5) is 26.1. The number of nitrogens with one attached hydrogen (secondary N) is 1. The van der Waals surface area contributed by atoms with Crippen molar-refractivity contribution in [3.63, 3.8) is 0 Å². The molecule has 0 aliphatic carbocycles. The molecule has 0 saturated carbocycles. The van der Waals surface area contributed by atoms with Crippen LogP contribution in [-0.4, -0.2) is 38.7 Å². The first kappa shape index (κ1) is 19.5. The fraction of sp³-hybridized carbons (Fsp3) is 0.273. The molecule has 1 fully saturated rings. The third-order valence-electron chi connectivity index (χ3n) is 4.50. The summed E-state index contributed by atoms with van der Waals surface area (Å²) in [5, 5.41) is 2.73. The molecular weight excluding hydrogens is 356 g/mol. The molecule has 0 spiro atoms. The third-order valence-corrected chi connectivity index (χ3v) is 4.50. The third kappa shape index (κ3) is 5.61. The Morgan fingerprint density at radius 2 is 1.71 bits per heavy atom. The lowest BCUT2D eigenvalue weighted by Gasteiger charge is -2.17. The van der Waals surface area contributed by atoms with Crippen LogP contribution in [0.15, 0.2) is 54.6 Å². The first-order valence-corrected chi connectivity index (χ1v) is 9.28. The van der Waals surface area contributed by atoms with Gasteiger partial charge in [0.05, 0.1) is 7.11 Å². The van der Waals surface area contributed by atoms with E-state index in [9.17, 15) is 9.59 Å². The van der Waals surface area contributed by atoms with Crippen LogP contribution in [0.1, 0.15) is 18.4 Å². The van der Waals surface area contributed by atoms with Gasteiger partial charge in [-0.25, -0.2) is 4.79 Å². The molecule has 146 valence electrons. The highest BCUT2D eigenvalue weighted by atomic mass is 16.5. The van der Waals surface area contributed by atoms with Gasteiger partial charge in [-0.3, -0.25) is 4.79 Å². The van der Waals surface area contributed by atoms with Crippen LogP contribution >= 0.6 is 0 Å². The van der Waals surface area contributed by atoms with Crippen LogP contribution in [-0.2, 0) is 14.3 Å². The van der Waals surface area contributed by atoms with Gasteiger partial charge >= 0.3 is 5.97 Å². The maximum Gasteiger partial charge on any atom is 0.331 e. The van der Waals surface area contributed by atoms with Crippen LogP contribution in [0.3, 0.4) is 0 Å². The van der Waals surface area contributed by atoms with Gasteiger partial charge in [0.25, 0.3) is 5.91 Å². The summed E-state index contributed by atoms with van der Waals surface area (Å²) in [6.45, 7) is 1.82. The molecule has 3 rings (SSSR count). The van der Waals surface area contributed by atoms with Crippen LogP contribution in [0.5, 0.6) is 5.75 Å². The van der Waals surface area contributed by atoms with E-state index in [1.54, 1.807) is 25.3 Å². The SMILES string of the molecule is COc1ccc(/C=C/C(=O)OCC(=O)Nc2ccc(N3CCCC3)cc2)cc1. The van der Waals surface area contributed by atoms with E-state index in [1.807, 2.05) is 36.4 Å². The summed E-state index contributed by atoms with van der Waals surface area (Å²) >= 11 is 0. The molecule has 28 heavy (non-hydrogen) atoms. The first-order valence-electron chi connectivity index (χ1n) is 9.28. The van der Waals surface area contributed by atoms with Crippen LogP contribution in [0, 0.1) is 0 Å². The highest BCUT2D eigenvalue weighted by molar-refractivity contribution is 5.94. The molecule has 1 saturated heterocycles. The zero-order valence-corrected chi connectivity index (χ0v) is 15.9. The fourth-order valence-electron chi connectivity index (χ4n) is 2.99. The summed E-state index contributed by atoms with van der Waals surface area (Å²) in [7, 11) is 1.59. The molecule has 0 atom stereocenters. The summed E-state index contributed by atoms with van der Waals surface area (Å²) in [5.74, 6) is -0.208. The van der Waals surface area contributed by atoms with Gasteiger partial charge < -0.3 is 19.7 Å².